The molecule has 0 radical (unpaired) electrons. The number of benzene rings is 8. The number of ether oxygens (including phenoxy) is 2. The molecule has 0 spiro atoms. The summed E-state index contributed by atoms with van der Waals surface area (Å²) >= 11 is 13.6. The van der Waals surface area contributed by atoms with Crippen LogP contribution in [0, 0.1) is 22.9 Å². The van der Waals surface area contributed by atoms with Gasteiger partial charge in [0.25, 0.3) is 0 Å². The van der Waals surface area contributed by atoms with E-state index in [1.54, 1.807) is 50.2 Å². The maximum Gasteiger partial charge on any atom is 0.586 e. The van der Waals surface area contributed by atoms with Crippen LogP contribution in [0.3, 0.4) is 0 Å². The number of H-pyrrole nitrogens is 4. The number of carbonyl (C=O) groups excluding carboxylic acids is 8. The number of rotatable bonds is 29. The first-order valence-electron chi connectivity index (χ1n) is 39.1. The molecule has 0 aliphatic carbocycles. The summed E-state index contributed by atoms with van der Waals surface area (Å²) in [5.74, 6) is 2.55. The Balaban J connectivity index is 0.000000153. The third-order valence-electron chi connectivity index (χ3n) is 17.7. The molecule has 0 bridgehead atoms. The van der Waals surface area contributed by atoms with Gasteiger partial charge in [0.2, 0.25) is 20.6 Å². The lowest BCUT2D eigenvalue weighted by Crippen LogP contribution is -2.25. The fourth-order valence-electron chi connectivity index (χ4n) is 11.6. The number of aliphatic imine (C=N–C) groups is 1. The van der Waals surface area contributed by atoms with E-state index in [1.807, 2.05) is 85.9 Å². The van der Waals surface area contributed by atoms with Gasteiger partial charge < -0.3 is 24.8 Å². The molecule has 8 aromatic carbocycles. The van der Waals surface area contributed by atoms with E-state index >= 15 is 0 Å². The van der Waals surface area contributed by atoms with Crippen molar-refractivity contribution in [3.63, 3.8) is 0 Å². The SMILES string of the molecule is CC(=O)CSC1=NN=C(c2cccc(C(=O)Cc3ccc4c(c3)CN=C4)c2)C1.CC(=O)CSC1=NN=C(c2cccc(C(=O)Cc3cccc(Cl)c3)c2)C1.CC(=O)CSc1n[nH]c(-c2ccc(C)cc2O)n1.CC(=O)CSc1n[nH]c(-c2ccc(O)c(F)c2)n1.CC(=O)CSc1n[nH]c(-c2ccc(O)c([N+](=O)[O-])c2)n1.CC(=O)CSc1n[nH]c(-c2ccc3c(c2)OC(F)(F)O3)n1. The van der Waals surface area contributed by atoms with Gasteiger partial charge in [0.1, 0.15) is 50.5 Å². The van der Waals surface area contributed by atoms with Crippen molar-refractivity contribution in [2.75, 3.05) is 34.5 Å². The summed E-state index contributed by atoms with van der Waals surface area (Å²) in [5.41, 5.74) is 11.5. The summed E-state index contributed by atoms with van der Waals surface area (Å²) in [4.78, 5) is 122. The number of thioether (sulfide) groups is 6. The second-order valence-corrected chi connectivity index (χ2v) is 35.0. The fourth-order valence-corrected chi connectivity index (χ4v) is 15.6. The zero-order chi connectivity index (χ0) is 94.0. The number of Topliss-reactive ketones (excluding diaryl/α,β-unsaturated/α-hetero) is 8. The van der Waals surface area contributed by atoms with E-state index < -0.39 is 34.2 Å². The van der Waals surface area contributed by atoms with Crippen LogP contribution in [0.1, 0.15) is 114 Å². The number of alkyl halides is 2. The molecule has 4 aliphatic heterocycles. The second-order valence-electron chi connectivity index (χ2n) is 28.7. The Morgan fingerprint density at radius 2 is 0.908 bits per heavy atom. The van der Waals surface area contributed by atoms with Gasteiger partial charge in [0.15, 0.2) is 63.7 Å². The molecule has 7 N–H and O–H groups in total. The Morgan fingerprint density at radius 3 is 1.39 bits per heavy atom. The van der Waals surface area contributed by atoms with E-state index in [0.29, 0.717) is 138 Å². The van der Waals surface area contributed by atoms with Gasteiger partial charge in [-0.05, 0) is 172 Å². The topological polar surface area (TPSA) is 487 Å². The van der Waals surface area contributed by atoms with Gasteiger partial charge in [-0.25, -0.2) is 24.3 Å². The number of carbonyl (C=O) groups is 8. The van der Waals surface area contributed by atoms with Crippen molar-refractivity contribution in [3.8, 4) is 74.3 Å². The molecule has 674 valence electrons. The molecule has 12 aromatic rings. The van der Waals surface area contributed by atoms with Crippen molar-refractivity contribution in [1.82, 2.24) is 60.7 Å². The minimum absolute atomic E-state index is 0.00150. The van der Waals surface area contributed by atoms with E-state index in [2.05, 4.69) is 102 Å². The van der Waals surface area contributed by atoms with E-state index in [1.165, 1.54) is 146 Å². The largest absolute Gasteiger partial charge is 0.586 e. The molecule has 43 heteroatoms. The summed E-state index contributed by atoms with van der Waals surface area (Å²) in [6, 6.07) is 45.9. The first kappa shape index (κ1) is 98.2. The number of phenolic OH excluding ortho intramolecular Hbond substituents is 3. The predicted octanol–water partition coefficient (Wildman–Crippen LogP) is 16.9. The normalized spacial score (nSPS) is 12.7. The van der Waals surface area contributed by atoms with Crippen LogP contribution in [0.25, 0.3) is 45.6 Å². The van der Waals surface area contributed by atoms with Gasteiger partial charge in [-0.2, -0.15) is 10.2 Å². The zero-order valence-corrected chi connectivity index (χ0v) is 76.1. The average Bonchev–Trinajstić information content (AvgIpc) is 1.64. The van der Waals surface area contributed by atoms with Gasteiger partial charge in [-0.1, -0.05) is 131 Å². The molecule has 0 atom stereocenters. The Labute approximate surface area is 775 Å². The number of hydrogen-bond donors (Lipinski definition) is 7. The highest BCUT2D eigenvalue weighted by atomic mass is 35.5. The summed E-state index contributed by atoms with van der Waals surface area (Å²) in [5, 5.41) is 86.2. The van der Waals surface area contributed by atoms with Crippen LogP contribution in [-0.4, -0.2) is 196 Å². The summed E-state index contributed by atoms with van der Waals surface area (Å²) < 4.78 is 47.7. The monoisotopic (exact) mass is 1910 g/mol. The number of halogens is 4. The van der Waals surface area contributed by atoms with Crippen molar-refractivity contribution in [2.24, 2.45) is 25.4 Å². The van der Waals surface area contributed by atoms with E-state index in [0.717, 1.165) is 61.0 Å². The molecule has 16 rings (SSSR count). The molecule has 0 saturated heterocycles. The van der Waals surface area contributed by atoms with Crippen molar-refractivity contribution < 1.29 is 81.2 Å². The molecule has 0 unspecified atom stereocenters. The molecule has 131 heavy (non-hydrogen) atoms. The molecular formula is C88H78ClF3N18O15S6. The highest BCUT2D eigenvalue weighted by Gasteiger charge is 2.43. The number of hydrogen-bond acceptors (Lipinski definition) is 34. The second kappa shape index (κ2) is 46.7. The quantitative estimate of drug-likeness (QED) is 0.00990. The van der Waals surface area contributed by atoms with Crippen molar-refractivity contribution in [2.45, 2.75) is 108 Å². The van der Waals surface area contributed by atoms with Gasteiger partial charge in [0, 0.05) is 70.8 Å². The Hall–Kier alpha value is -13.4. The van der Waals surface area contributed by atoms with E-state index in [9.17, 15) is 71.9 Å². The molecule has 0 fully saturated rings. The van der Waals surface area contributed by atoms with E-state index in [4.69, 9.17) is 16.7 Å². The standard InChI is InChI=1S/C22H19N3O2S.C20H17ClN2O2S.C12H9F2N3O3S.C12H13N3O2S.C11H10FN3O2S.C11H10N4O4S/c1-14(26)13-28-22-10-20(24-25-22)16-3-2-4-17(9-16)21(27)8-15-5-6-18-11-23-12-19(18)7-15;1-13(24)12-26-20-11-18(22-23-20)15-5-3-6-16(10-15)19(25)9-14-4-2-7-17(21)8-14;1-6(18)5-21-11-15-10(16-17-11)7-2-3-8-9(4-7)20-12(13,14)19-8;1-7-3-4-9(10(17)5-7)11-13-12(15-14-11)18-6-8(2)16;1-6(16)5-18-11-13-10(14-15-11)7-2-3-9(17)8(12)4-7;1-6(16)5-20-11-12-10(13-14-11)7-2-3-9(17)8(4-7)15(18)19/h2-7,9,11H,8,10,12-13H2,1H3;2-8,10H,9,11-12H2,1H3;2-4H,5H2,1H3,(H,15,16,17);3-5,17H,6H2,1-2H3,(H,13,14,15);2-4,17H,5H2,1H3,(H,13,14,15);2-4,17H,5H2,1H3,(H,12,13,14). The summed E-state index contributed by atoms with van der Waals surface area (Å²) in [7, 11) is 0. The van der Waals surface area contributed by atoms with Crippen LogP contribution >= 0.6 is 82.2 Å². The molecule has 8 heterocycles. The lowest BCUT2D eigenvalue weighted by molar-refractivity contribution is -0.385. The Morgan fingerprint density at radius 1 is 0.466 bits per heavy atom. The maximum atomic E-state index is 13.2. The highest BCUT2D eigenvalue weighted by molar-refractivity contribution is 8.14. The summed E-state index contributed by atoms with van der Waals surface area (Å²) in [6.07, 6.45) is 0.0685. The predicted molar refractivity (Wildman–Crippen MR) is 497 cm³/mol. The number of nitrogens with zero attached hydrogens (tertiary/aromatic N) is 14. The third-order valence-corrected chi connectivity index (χ3v) is 24.1. The Kier molecular flexibility index (Phi) is 35.0. The van der Waals surface area contributed by atoms with Crippen LogP contribution < -0.4 is 9.47 Å². The number of phenols is 3. The summed E-state index contributed by atoms with van der Waals surface area (Å²) in [6.45, 7) is 11.6. The molecule has 33 nitrogen and oxygen atoms in total. The number of fused-ring (bicyclic) bond motifs is 2. The minimum Gasteiger partial charge on any atom is -0.507 e. The number of nitro benzene ring substituents is 1. The van der Waals surface area contributed by atoms with Crippen LogP contribution in [0.2, 0.25) is 5.02 Å². The molecule has 0 amide bonds. The van der Waals surface area contributed by atoms with Gasteiger partial charge >= 0.3 is 12.0 Å². The number of ketones is 8. The third kappa shape index (κ3) is 30.1. The Bertz CT molecular complexity index is 6480. The van der Waals surface area contributed by atoms with E-state index in [-0.39, 0.29) is 75.0 Å². The van der Waals surface area contributed by atoms with Gasteiger partial charge in [-0.3, -0.25) is 73.9 Å². The number of aromatic hydroxyl groups is 3. The first-order chi connectivity index (χ1) is 62.6. The number of aromatic amines is 4. The first-order valence-corrected chi connectivity index (χ1v) is 45.4. The minimum atomic E-state index is -3.65. The fraction of sp³-hybridized carbons (Fsp3) is 0.216. The molecular weight excluding hydrogens is 1830 g/mol. The van der Waals surface area contributed by atoms with Crippen LogP contribution in [0.15, 0.2) is 210 Å². The maximum absolute atomic E-state index is 13.2. The number of nitro groups is 1. The number of aromatic nitrogens is 12. The number of nitrogens with one attached hydrogen (secondary N) is 4. The van der Waals surface area contributed by atoms with Crippen LogP contribution in [-0.2, 0) is 48.2 Å². The van der Waals surface area contributed by atoms with Gasteiger partial charge in [0.05, 0.1) is 63.0 Å². The van der Waals surface area contributed by atoms with Crippen LogP contribution in [0.5, 0.6) is 28.7 Å². The van der Waals surface area contributed by atoms with Crippen molar-refractivity contribution in [1.29, 1.82) is 0 Å². The lowest BCUT2D eigenvalue weighted by atomic mass is 9.97. The van der Waals surface area contributed by atoms with Crippen molar-refractivity contribution in [3.05, 3.63) is 235 Å². The van der Waals surface area contributed by atoms with Crippen molar-refractivity contribution >= 4 is 162 Å². The average molecular weight is 1910 g/mol. The van der Waals surface area contributed by atoms with Crippen LogP contribution in [0.4, 0.5) is 18.9 Å². The highest BCUT2D eigenvalue weighted by Crippen LogP contribution is 2.43. The zero-order valence-electron chi connectivity index (χ0n) is 70.4. The van der Waals surface area contributed by atoms with Gasteiger partial charge in [-0.15, -0.1) is 62.9 Å². The molecule has 4 aromatic heterocycles. The molecule has 0 saturated carbocycles. The molecule has 4 aliphatic rings. The smallest absolute Gasteiger partial charge is 0.507 e. The number of aryl methyl sites for hydroxylation is 1. The lowest BCUT2D eigenvalue weighted by Gasteiger charge is -2.06.